The van der Waals surface area contributed by atoms with E-state index in [1.54, 1.807) is 36.4 Å². The molecule has 18 heavy (non-hydrogen) atoms. The van der Waals surface area contributed by atoms with E-state index in [0.29, 0.717) is 5.69 Å². The molecule has 0 saturated heterocycles. The molecule has 4 nitrogen and oxygen atoms in total. The van der Waals surface area contributed by atoms with Crippen LogP contribution in [0.5, 0.6) is 5.75 Å². The summed E-state index contributed by atoms with van der Waals surface area (Å²) >= 11 is 0. The van der Waals surface area contributed by atoms with Crippen LogP contribution in [0.4, 0.5) is 5.69 Å². The molecule has 0 radical (unpaired) electrons. The number of sulfonamides is 1. The molecule has 0 aliphatic rings. The van der Waals surface area contributed by atoms with Crippen LogP contribution in [0.3, 0.4) is 0 Å². The highest BCUT2D eigenvalue weighted by Crippen LogP contribution is 2.30. The van der Waals surface area contributed by atoms with Gasteiger partial charge in [0.05, 0.1) is 11.9 Å². The first-order chi connectivity index (χ1) is 8.46. The molecule has 0 bridgehead atoms. The summed E-state index contributed by atoms with van der Waals surface area (Å²) in [6.07, 6.45) is 1.10. The molecule has 0 atom stereocenters. The Hall–Kier alpha value is -2.01. The zero-order valence-corrected chi connectivity index (χ0v) is 10.6. The van der Waals surface area contributed by atoms with Gasteiger partial charge < -0.3 is 5.11 Å². The molecule has 2 aromatic rings. The third kappa shape index (κ3) is 3.01. The second-order valence-electron chi connectivity index (χ2n) is 3.97. The second-order valence-corrected chi connectivity index (χ2v) is 5.72. The van der Waals surface area contributed by atoms with Crippen LogP contribution in [0.1, 0.15) is 0 Å². The lowest BCUT2D eigenvalue weighted by Crippen LogP contribution is -2.10. The van der Waals surface area contributed by atoms with Crippen LogP contribution < -0.4 is 4.72 Å². The minimum Gasteiger partial charge on any atom is -0.508 e. The largest absolute Gasteiger partial charge is 0.508 e. The lowest BCUT2D eigenvalue weighted by molar-refractivity contribution is 0.475. The Labute approximate surface area is 106 Å². The number of nitrogens with one attached hydrogen (secondary N) is 1. The van der Waals surface area contributed by atoms with Gasteiger partial charge in [-0.15, -0.1) is 0 Å². The van der Waals surface area contributed by atoms with Gasteiger partial charge in [-0.05, 0) is 23.8 Å². The van der Waals surface area contributed by atoms with Gasteiger partial charge in [-0.2, -0.15) is 0 Å². The number of benzene rings is 2. The van der Waals surface area contributed by atoms with E-state index >= 15 is 0 Å². The number of para-hydroxylation sites is 1. The van der Waals surface area contributed by atoms with Crippen molar-refractivity contribution in [2.24, 2.45) is 0 Å². The Bertz CT molecular complexity index is 665. The summed E-state index contributed by atoms with van der Waals surface area (Å²) in [5.41, 5.74) is 1.96. The summed E-state index contributed by atoms with van der Waals surface area (Å²) in [6.45, 7) is 0. The first-order valence-electron chi connectivity index (χ1n) is 5.32. The van der Waals surface area contributed by atoms with Crippen LogP contribution in [-0.4, -0.2) is 19.8 Å². The first kappa shape index (κ1) is 12.4. The summed E-state index contributed by atoms with van der Waals surface area (Å²) in [7, 11) is -3.33. The van der Waals surface area contributed by atoms with Gasteiger partial charge in [0.25, 0.3) is 0 Å². The van der Waals surface area contributed by atoms with Crippen molar-refractivity contribution in [2.75, 3.05) is 11.0 Å². The van der Waals surface area contributed by atoms with Crippen LogP contribution in [0.2, 0.25) is 0 Å². The van der Waals surface area contributed by atoms with Gasteiger partial charge in [0.2, 0.25) is 10.0 Å². The molecule has 5 heteroatoms. The Balaban J connectivity index is 2.51. The molecule has 0 aliphatic carbocycles. The second kappa shape index (κ2) is 4.70. The predicted molar refractivity (Wildman–Crippen MR) is 72.0 cm³/mol. The van der Waals surface area contributed by atoms with E-state index in [0.717, 1.165) is 17.4 Å². The molecule has 0 fully saturated rings. The Morgan fingerprint density at radius 1 is 1.06 bits per heavy atom. The van der Waals surface area contributed by atoms with Crippen LogP contribution >= 0.6 is 0 Å². The predicted octanol–water partition coefficient (Wildman–Crippen LogP) is 2.43. The minimum absolute atomic E-state index is 0.140. The minimum atomic E-state index is -3.33. The van der Waals surface area contributed by atoms with Crippen molar-refractivity contribution in [3.05, 3.63) is 48.5 Å². The molecule has 0 spiro atoms. The van der Waals surface area contributed by atoms with Gasteiger partial charge in [0.1, 0.15) is 5.75 Å². The number of hydrogen-bond acceptors (Lipinski definition) is 3. The van der Waals surface area contributed by atoms with Crippen molar-refractivity contribution in [1.82, 2.24) is 0 Å². The van der Waals surface area contributed by atoms with Crippen molar-refractivity contribution in [3.63, 3.8) is 0 Å². The van der Waals surface area contributed by atoms with E-state index in [9.17, 15) is 13.5 Å². The molecular formula is C13H13NO3S. The summed E-state index contributed by atoms with van der Waals surface area (Å²) in [5.74, 6) is 0.140. The summed E-state index contributed by atoms with van der Waals surface area (Å²) < 4.78 is 25.0. The summed E-state index contributed by atoms with van der Waals surface area (Å²) in [5, 5.41) is 9.46. The summed E-state index contributed by atoms with van der Waals surface area (Å²) in [4.78, 5) is 0. The van der Waals surface area contributed by atoms with E-state index in [1.165, 1.54) is 0 Å². The Kier molecular flexibility index (Phi) is 3.25. The summed E-state index contributed by atoms with van der Waals surface area (Å²) in [6, 6.07) is 13.7. The maximum atomic E-state index is 11.3. The molecule has 2 N–H and O–H groups in total. The molecule has 0 aliphatic heterocycles. The van der Waals surface area contributed by atoms with E-state index in [-0.39, 0.29) is 5.75 Å². The van der Waals surface area contributed by atoms with Gasteiger partial charge in [-0.1, -0.05) is 30.3 Å². The van der Waals surface area contributed by atoms with Crippen molar-refractivity contribution >= 4 is 15.7 Å². The van der Waals surface area contributed by atoms with Crippen molar-refractivity contribution in [3.8, 4) is 16.9 Å². The zero-order chi connectivity index (χ0) is 13.2. The number of hydrogen-bond donors (Lipinski definition) is 2. The maximum Gasteiger partial charge on any atom is 0.229 e. The van der Waals surface area contributed by atoms with E-state index in [1.807, 2.05) is 12.1 Å². The zero-order valence-electron chi connectivity index (χ0n) is 9.79. The normalized spacial score (nSPS) is 11.2. The fourth-order valence-corrected chi connectivity index (χ4v) is 2.27. The smallest absolute Gasteiger partial charge is 0.229 e. The van der Waals surface area contributed by atoms with Crippen molar-refractivity contribution in [2.45, 2.75) is 0 Å². The molecule has 0 amide bonds. The van der Waals surface area contributed by atoms with Gasteiger partial charge in [0.15, 0.2) is 0 Å². The van der Waals surface area contributed by atoms with Crippen LogP contribution in [0.15, 0.2) is 48.5 Å². The highest BCUT2D eigenvalue weighted by atomic mass is 32.2. The van der Waals surface area contributed by atoms with Crippen molar-refractivity contribution in [1.29, 1.82) is 0 Å². The van der Waals surface area contributed by atoms with Gasteiger partial charge >= 0.3 is 0 Å². The average Bonchev–Trinajstić information content (AvgIpc) is 2.27. The fourth-order valence-electron chi connectivity index (χ4n) is 1.70. The van der Waals surface area contributed by atoms with Crippen LogP contribution in [-0.2, 0) is 10.0 Å². The van der Waals surface area contributed by atoms with Gasteiger partial charge in [0, 0.05) is 5.56 Å². The average molecular weight is 263 g/mol. The molecule has 0 saturated carbocycles. The SMILES string of the molecule is CS(=O)(=O)Nc1ccccc1-c1cccc(O)c1. The lowest BCUT2D eigenvalue weighted by atomic mass is 10.0. The quantitative estimate of drug-likeness (QED) is 0.893. The van der Waals surface area contributed by atoms with Gasteiger partial charge in [-0.3, -0.25) is 4.72 Å². The standard InChI is InChI=1S/C13H13NO3S/c1-18(16,17)14-13-8-3-2-7-12(13)10-5-4-6-11(15)9-10/h2-9,14-15H,1H3. The van der Waals surface area contributed by atoms with E-state index in [4.69, 9.17) is 0 Å². The van der Waals surface area contributed by atoms with Crippen LogP contribution in [0.25, 0.3) is 11.1 Å². The highest BCUT2D eigenvalue weighted by Gasteiger charge is 2.08. The maximum absolute atomic E-state index is 11.3. The van der Waals surface area contributed by atoms with E-state index in [2.05, 4.69) is 4.72 Å². The number of rotatable bonds is 3. The molecular weight excluding hydrogens is 250 g/mol. The highest BCUT2D eigenvalue weighted by molar-refractivity contribution is 7.92. The van der Waals surface area contributed by atoms with E-state index < -0.39 is 10.0 Å². The monoisotopic (exact) mass is 263 g/mol. The number of phenols is 1. The molecule has 2 aromatic carbocycles. The van der Waals surface area contributed by atoms with Crippen LogP contribution in [0, 0.1) is 0 Å². The first-order valence-corrected chi connectivity index (χ1v) is 7.21. The molecule has 2 rings (SSSR count). The topological polar surface area (TPSA) is 66.4 Å². The molecule has 0 heterocycles. The van der Waals surface area contributed by atoms with Crippen molar-refractivity contribution < 1.29 is 13.5 Å². The molecule has 94 valence electrons. The molecule has 0 unspecified atom stereocenters. The number of phenolic OH excluding ortho intramolecular Hbond substituents is 1. The fraction of sp³-hybridized carbons (Fsp3) is 0.0769. The number of anilines is 1. The Morgan fingerprint density at radius 2 is 1.78 bits per heavy atom. The third-order valence-electron chi connectivity index (χ3n) is 2.38. The third-order valence-corrected chi connectivity index (χ3v) is 2.97. The Morgan fingerprint density at radius 3 is 2.44 bits per heavy atom. The van der Waals surface area contributed by atoms with Gasteiger partial charge in [-0.25, -0.2) is 8.42 Å². The lowest BCUT2D eigenvalue weighted by Gasteiger charge is -2.10. The molecule has 0 aromatic heterocycles. The number of aromatic hydroxyl groups is 1.